The minimum absolute atomic E-state index is 0.137. The Bertz CT molecular complexity index is 1020. The molecule has 0 saturated carbocycles. The summed E-state index contributed by atoms with van der Waals surface area (Å²) >= 11 is 0. The maximum Gasteiger partial charge on any atom is 0.312 e. The van der Waals surface area contributed by atoms with Crippen molar-refractivity contribution in [1.29, 1.82) is 0 Å². The van der Waals surface area contributed by atoms with Crippen molar-refractivity contribution in [3.63, 3.8) is 0 Å². The Morgan fingerprint density at radius 1 is 1.24 bits per heavy atom. The van der Waals surface area contributed by atoms with Gasteiger partial charge in [-0.1, -0.05) is 37.1 Å². The summed E-state index contributed by atoms with van der Waals surface area (Å²) in [6.45, 7) is 10.6. The molecule has 0 aliphatic carbocycles. The third-order valence-electron chi connectivity index (χ3n) is 8.19. The molecule has 37 heavy (non-hydrogen) atoms. The van der Waals surface area contributed by atoms with E-state index in [-0.39, 0.29) is 25.0 Å². The minimum Gasteiger partial charge on any atom is -0.466 e. The molecule has 1 aromatic rings. The number of carbonyl (C=O) groups is 3. The number of likely N-dealkylation sites (tertiary alicyclic amines) is 1. The second-order valence-corrected chi connectivity index (χ2v) is 10.5. The van der Waals surface area contributed by atoms with Gasteiger partial charge in [0.25, 0.3) is 5.91 Å². The SMILES string of the molecule is C=CCN(C(=O)C1N(CCCCCCO)C(=O)[C@@H]2[C@H](C(=O)OCC)[C@@H]3CCC12O3)c1c(C)cccc1C. The summed E-state index contributed by atoms with van der Waals surface area (Å²) in [7, 11) is 0. The van der Waals surface area contributed by atoms with Gasteiger partial charge in [-0.05, 0) is 57.6 Å². The maximum absolute atomic E-state index is 14.5. The summed E-state index contributed by atoms with van der Waals surface area (Å²) < 4.78 is 11.9. The molecular formula is C29H40N2O6. The van der Waals surface area contributed by atoms with Crippen molar-refractivity contribution in [1.82, 2.24) is 4.90 Å². The lowest BCUT2D eigenvalue weighted by Crippen LogP contribution is -2.56. The molecule has 8 nitrogen and oxygen atoms in total. The summed E-state index contributed by atoms with van der Waals surface area (Å²) in [5.74, 6) is -2.22. The largest absolute Gasteiger partial charge is 0.466 e. The Morgan fingerprint density at radius 2 is 1.95 bits per heavy atom. The van der Waals surface area contributed by atoms with Crippen molar-refractivity contribution in [3.05, 3.63) is 42.0 Å². The van der Waals surface area contributed by atoms with Gasteiger partial charge in [0.2, 0.25) is 5.91 Å². The molecule has 2 unspecified atom stereocenters. The van der Waals surface area contributed by atoms with E-state index in [9.17, 15) is 14.4 Å². The van der Waals surface area contributed by atoms with Crippen molar-refractivity contribution >= 4 is 23.5 Å². The Balaban J connectivity index is 1.73. The summed E-state index contributed by atoms with van der Waals surface area (Å²) in [5, 5.41) is 9.12. The zero-order chi connectivity index (χ0) is 26.7. The summed E-state index contributed by atoms with van der Waals surface area (Å²) in [6, 6.07) is 5.08. The fourth-order valence-electron chi connectivity index (χ4n) is 6.73. The second kappa shape index (κ2) is 11.4. The monoisotopic (exact) mass is 512 g/mol. The van der Waals surface area contributed by atoms with Crippen LogP contribution in [0.2, 0.25) is 0 Å². The number of anilines is 1. The van der Waals surface area contributed by atoms with E-state index in [4.69, 9.17) is 14.6 Å². The molecule has 202 valence electrons. The Labute approximate surface area is 219 Å². The van der Waals surface area contributed by atoms with E-state index >= 15 is 0 Å². The highest BCUT2D eigenvalue weighted by molar-refractivity contribution is 6.05. The van der Waals surface area contributed by atoms with Crippen molar-refractivity contribution in [2.45, 2.75) is 77.0 Å². The third-order valence-corrected chi connectivity index (χ3v) is 8.19. The zero-order valence-corrected chi connectivity index (χ0v) is 22.3. The standard InChI is InChI=1S/C29H40N2O6/c1-5-16-30(24-19(3)12-11-13-20(24)4)27(34)25-29-15-14-21(37-29)22(28(35)36-6-2)23(29)26(33)31(25)17-9-7-8-10-18-32/h5,11-13,21-23,25,32H,1,6-10,14-18H2,2-4H3/t21-,22+,23-,25?,29?/m0/s1. The molecule has 5 atom stereocenters. The average Bonchev–Trinajstić information content (AvgIpc) is 3.50. The molecule has 1 spiro atoms. The van der Waals surface area contributed by atoms with E-state index in [2.05, 4.69) is 6.58 Å². The molecule has 3 saturated heterocycles. The molecule has 4 rings (SSSR count). The van der Waals surface area contributed by atoms with Crippen LogP contribution >= 0.6 is 0 Å². The number of aliphatic hydroxyl groups is 1. The minimum atomic E-state index is -1.04. The first-order chi connectivity index (χ1) is 17.8. The number of esters is 1. The predicted molar refractivity (Wildman–Crippen MR) is 140 cm³/mol. The van der Waals surface area contributed by atoms with Crippen LogP contribution in [-0.4, -0.2) is 71.8 Å². The fraction of sp³-hybridized carbons (Fsp3) is 0.621. The van der Waals surface area contributed by atoms with Crippen LogP contribution in [0, 0.1) is 25.7 Å². The summed E-state index contributed by atoms with van der Waals surface area (Å²) in [5.41, 5.74) is 1.70. The summed E-state index contributed by atoms with van der Waals surface area (Å²) in [4.78, 5) is 44.9. The van der Waals surface area contributed by atoms with Gasteiger partial charge in [-0.2, -0.15) is 0 Å². The highest BCUT2D eigenvalue weighted by Crippen LogP contribution is 2.59. The zero-order valence-electron chi connectivity index (χ0n) is 22.3. The smallest absolute Gasteiger partial charge is 0.312 e. The number of benzene rings is 1. The number of amides is 2. The van der Waals surface area contributed by atoms with Gasteiger partial charge in [0.1, 0.15) is 11.6 Å². The van der Waals surface area contributed by atoms with Gasteiger partial charge in [-0.3, -0.25) is 14.4 Å². The molecule has 3 aliphatic heterocycles. The highest BCUT2D eigenvalue weighted by Gasteiger charge is 2.75. The van der Waals surface area contributed by atoms with Gasteiger partial charge in [0.15, 0.2) is 0 Å². The molecule has 1 aromatic carbocycles. The lowest BCUT2D eigenvalue weighted by molar-refractivity contribution is -0.154. The summed E-state index contributed by atoms with van der Waals surface area (Å²) in [6.07, 6.45) is 5.55. The third kappa shape index (κ3) is 4.70. The molecule has 3 heterocycles. The molecule has 3 aliphatic rings. The van der Waals surface area contributed by atoms with E-state index < -0.39 is 35.6 Å². The Kier molecular flexibility index (Phi) is 8.39. The highest BCUT2D eigenvalue weighted by atomic mass is 16.6. The average molecular weight is 513 g/mol. The van der Waals surface area contributed by atoms with Gasteiger partial charge < -0.3 is 24.4 Å². The molecule has 0 radical (unpaired) electrons. The van der Waals surface area contributed by atoms with Crippen molar-refractivity contribution in [3.8, 4) is 0 Å². The van der Waals surface area contributed by atoms with Crippen molar-refractivity contribution in [2.75, 3.05) is 31.2 Å². The predicted octanol–water partition coefficient (Wildman–Crippen LogP) is 3.31. The first-order valence-electron chi connectivity index (χ1n) is 13.6. The number of hydrogen-bond acceptors (Lipinski definition) is 6. The lowest BCUT2D eigenvalue weighted by atomic mass is 9.70. The van der Waals surface area contributed by atoms with Crippen molar-refractivity contribution in [2.24, 2.45) is 11.8 Å². The molecule has 8 heteroatoms. The van der Waals surface area contributed by atoms with Crippen LogP contribution in [0.5, 0.6) is 0 Å². The lowest BCUT2D eigenvalue weighted by Gasteiger charge is -2.37. The van der Waals surface area contributed by atoms with Crippen LogP contribution in [0.25, 0.3) is 0 Å². The Hall–Kier alpha value is -2.71. The van der Waals surface area contributed by atoms with Crippen LogP contribution in [0.3, 0.4) is 0 Å². The van der Waals surface area contributed by atoms with Crippen LogP contribution in [-0.2, 0) is 23.9 Å². The van der Waals surface area contributed by atoms with E-state index in [0.29, 0.717) is 38.8 Å². The van der Waals surface area contributed by atoms with Crippen LogP contribution < -0.4 is 4.90 Å². The quantitative estimate of drug-likeness (QED) is 0.262. The number of rotatable bonds is 12. The van der Waals surface area contributed by atoms with Gasteiger partial charge in [-0.25, -0.2) is 0 Å². The number of aryl methyl sites for hydroxylation is 2. The van der Waals surface area contributed by atoms with Crippen LogP contribution in [0.4, 0.5) is 5.69 Å². The van der Waals surface area contributed by atoms with Crippen LogP contribution in [0.15, 0.2) is 30.9 Å². The van der Waals surface area contributed by atoms with Crippen LogP contribution in [0.1, 0.15) is 56.6 Å². The molecule has 2 bridgehead atoms. The van der Waals surface area contributed by atoms with Gasteiger partial charge in [-0.15, -0.1) is 6.58 Å². The first-order valence-corrected chi connectivity index (χ1v) is 13.6. The topological polar surface area (TPSA) is 96.4 Å². The number of hydrogen-bond donors (Lipinski definition) is 1. The molecule has 2 amide bonds. The number of para-hydroxylation sites is 1. The second-order valence-electron chi connectivity index (χ2n) is 10.5. The molecule has 3 fully saturated rings. The number of ether oxygens (including phenoxy) is 2. The Morgan fingerprint density at radius 3 is 2.59 bits per heavy atom. The van der Waals surface area contributed by atoms with E-state index in [1.165, 1.54) is 0 Å². The maximum atomic E-state index is 14.5. The first kappa shape index (κ1) is 27.3. The number of carbonyl (C=O) groups excluding carboxylic acids is 3. The van der Waals surface area contributed by atoms with E-state index in [1.807, 2.05) is 32.0 Å². The molecule has 0 aromatic heterocycles. The number of nitrogens with zero attached hydrogens (tertiary/aromatic N) is 2. The van der Waals surface area contributed by atoms with E-state index in [1.54, 1.807) is 22.8 Å². The van der Waals surface area contributed by atoms with Gasteiger partial charge >= 0.3 is 5.97 Å². The van der Waals surface area contributed by atoms with Crippen molar-refractivity contribution < 1.29 is 29.0 Å². The molecular weight excluding hydrogens is 472 g/mol. The van der Waals surface area contributed by atoms with Gasteiger partial charge in [0, 0.05) is 25.4 Å². The normalized spacial score (nSPS) is 27.9. The number of fused-ring (bicyclic) bond motifs is 1. The fourth-order valence-corrected chi connectivity index (χ4v) is 6.73. The van der Waals surface area contributed by atoms with E-state index in [0.717, 1.165) is 29.7 Å². The van der Waals surface area contributed by atoms with Gasteiger partial charge in [0.05, 0.1) is 24.5 Å². The number of aliphatic hydroxyl groups excluding tert-OH is 1. The number of unbranched alkanes of at least 4 members (excludes halogenated alkanes) is 3. The molecule has 1 N–H and O–H groups in total.